The molecule has 0 saturated carbocycles. The van der Waals surface area contributed by atoms with Gasteiger partial charge in [0.2, 0.25) is 0 Å². The fraction of sp³-hybridized carbons (Fsp3) is 0.333. The monoisotopic (exact) mass is 636 g/mol. The highest BCUT2D eigenvalue weighted by molar-refractivity contribution is 5.90. The largest absolute Gasteiger partial charge is 0.453 e. The molecule has 8 nitrogen and oxygen atoms in total. The van der Waals surface area contributed by atoms with Crippen LogP contribution >= 0.6 is 0 Å². The van der Waals surface area contributed by atoms with Crippen LogP contribution in [0, 0.1) is 0 Å². The number of hydrogen-bond donors (Lipinski definition) is 3. The minimum atomic E-state index is -0.850. The highest BCUT2D eigenvalue weighted by Crippen LogP contribution is 2.30. The number of carbonyl (C=O) groups excluding carboxylic acids is 2. The van der Waals surface area contributed by atoms with E-state index in [1.807, 2.05) is 115 Å². The Balaban J connectivity index is 1.24. The number of morpholine rings is 1. The zero-order valence-electron chi connectivity index (χ0n) is 26.8. The molecule has 4 atom stereocenters. The fourth-order valence-corrected chi connectivity index (χ4v) is 6.21. The molecule has 4 aromatic rings. The molecule has 4 aromatic carbocycles. The Morgan fingerprint density at radius 3 is 2.09 bits per heavy atom. The maximum atomic E-state index is 14.2. The molecule has 246 valence electrons. The highest BCUT2D eigenvalue weighted by Gasteiger charge is 2.33. The van der Waals surface area contributed by atoms with E-state index in [9.17, 15) is 14.7 Å². The first-order chi connectivity index (χ1) is 23.1. The van der Waals surface area contributed by atoms with Gasteiger partial charge in [0, 0.05) is 18.9 Å². The van der Waals surface area contributed by atoms with Crippen molar-refractivity contribution in [1.82, 2.24) is 10.6 Å². The quantitative estimate of drug-likeness (QED) is 0.164. The van der Waals surface area contributed by atoms with Gasteiger partial charge >= 0.3 is 6.09 Å². The van der Waals surface area contributed by atoms with E-state index in [2.05, 4.69) is 10.6 Å². The van der Waals surface area contributed by atoms with Crippen LogP contribution in [0.3, 0.4) is 0 Å². The van der Waals surface area contributed by atoms with Crippen molar-refractivity contribution < 1.29 is 28.9 Å². The van der Waals surface area contributed by atoms with Crippen LogP contribution in [-0.4, -0.2) is 68.1 Å². The molecule has 47 heavy (non-hydrogen) atoms. The summed E-state index contributed by atoms with van der Waals surface area (Å²) in [6, 6.07) is 36.5. The molecular weight excluding hydrogens is 592 g/mol. The Morgan fingerprint density at radius 2 is 1.47 bits per heavy atom. The number of Topliss-reactive ketones (excluding diaryl/α,β-unsaturated/α-hetero) is 1. The molecule has 0 unspecified atom stereocenters. The molecule has 1 aliphatic heterocycles. The summed E-state index contributed by atoms with van der Waals surface area (Å²) in [5.74, 6) is -0.521. The fourth-order valence-electron chi connectivity index (χ4n) is 6.21. The molecule has 1 saturated heterocycles. The van der Waals surface area contributed by atoms with Crippen LogP contribution in [0.2, 0.25) is 0 Å². The van der Waals surface area contributed by atoms with Gasteiger partial charge in [0.15, 0.2) is 5.78 Å². The van der Waals surface area contributed by atoms with Crippen molar-refractivity contribution >= 4 is 11.9 Å². The van der Waals surface area contributed by atoms with Crippen molar-refractivity contribution in [2.24, 2.45) is 0 Å². The Hall–Kier alpha value is -4.34. The average Bonchev–Trinajstić information content (AvgIpc) is 3.12. The number of methoxy groups -OCH3 is 1. The number of ether oxygens (including phenoxy) is 3. The van der Waals surface area contributed by atoms with E-state index < -0.39 is 18.1 Å². The molecular formula is C39H44N2O6. The molecule has 0 aromatic heterocycles. The van der Waals surface area contributed by atoms with Crippen LogP contribution in [0.15, 0.2) is 115 Å². The summed E-state index contributed by atoms with van der Waals surface area (Å²) in [6.07, 6.45) is 0.420. The number of aliphatic hydroxyl groups is 1. The van der Waals surface area contributed by atoms with Crippen molar-refractivity contribution in [2.45, 2.75) is 56.1 Å². The SMILES string of the molecule is COC(=O)N[C@H](C(=O)Cc1ccccc1CC[C@@H]1CN[C@H](COCc2ccccc2)[C@@H](CO)O1)C(c1ccccc1)c1ccccc1. The number of hydrogen-bond acceptors (Lipinski definition) is 7. The maximum absolute atomic E-state index is 14.2. The second-order valence-corrected chi connectivity index (χ2v) is 11.9. The van der Waals surface area contributed by atoms with Gasteiger partial charge in [0.05, 0.1) is 45.2 Å². The first-order valence-corrected chi connectivity index (χ1v) is 16.2. The third-order valence-electron chi connectivity index (χ3n) is 8.69. The number of rotatable bonds is 15. The Bertz CT molecular complexity index is 1500. The summed E-state index contributed by atoms with van der Waals surface area (Å²) in [6.45, 7) is 1.47. The van der Waals surface area contributed by atoms with Gasteiger partial charge in [-0.05, 0) is 40.7 Å². The maximum Gasteiger partial charge on any atom is 0.407 e. The topological polar surface area (TPSA) is 106 Å². The number of carbonyl (C=O) groups is 2. The van der Waals surface area contributed by atoms with Gasteiger partial charge in [0.1, 0.15) is 6.04 Å². The lowest BCUT2D eigenvalue weighted by atomic mass is 9.81. The molecule has 0 aliphatic carbocycles. The van der Waals surface area contributed by atoms with Gasteiger partial charge in [-0.2, -0.15) is 0 Å². The second-order valence-electron chi connectivity index (χ2n) is 11.9. The lowest BCUT2D eigenvalue weighted by Crippen LogP contribution is -2.55. The van der Waals surface area contributed by atoms with Crippen LogP contribution in [0.5, 0.6) is 0 Å². The van der Waals surface area contributed by atoms with Crippen molar-refractivity contribution in [3.05, 3.63) is 143 Å². The minimum absolute atomic E-state index is 0.101. The predicted molar refractivity (Wildman–Crippen MR) is 181 cm³/mol. The Labute approximate surface area is 277 Å². The van der Waals surface area contributed by atoms with E-state index in [4.69, 9.17) is 14.2 Å². The summed E-state index contributed by atoms with van der Waals surface area (Å²) in [7, 11) is 1.30. The standard InChI is InChI=1S/C39H44N2O6/c1-45-39(44)41-38(37(30-16-7-3-8-17-30)31-18-9-4-10-19-31)35(43)23-32-20-12-11-15-29(32)21-22-33-24-40-34(36(25-42)47-33)27-46-26-28-13-5-2-6-14-28/h2-20,33-34,36-38,40,42H,21-27H2,1H3,(H,41,44)/t33-,34-,36-,38-/m1/s1. The van der Waals surface area contributed by atoms with Crippen LogP contribution in [0.25, 0.3) is 0 Å². The smallest absolute Gasteiger partial charge is 0.407 e. The van der Waals surface area contributed by atoms with Gasteiger partial charge in [-0.15, -0.1) is 0 Å². The van der Waals surface area contributed by atoms with E-state index in [0.717, 1.165) is 27.8 Å². The van der Waals surface area contributed by atoms with Gasteiger partial charge in [-0.25, -0.2) is 4.79 Å². The zero-order chi connectivity index (χ0) is 32.8. The normalized spacial score (nSPS) is 18.4. The van der Waals surface area contributed by atoms with Gasteiger partial charge < -0.3 is 30.0 Å². The number of nitrogens with one attached hydrogen (secondary N) is 2. The third-order valence-corrected chi connectivity index (χ3v) is 8.69. The first-order valence-electron chi connectivity index (χ1n) is 16.2. The molecule has 1 fully saturated rings. The van der Waals surface area contributed by atoms with Crippen molar-refractivity contribution in [3.8, 4) is 0 Å². The zero-order valence-corrected chi connectivity index (χ0v) is 26.8. The van der Waals surface area contributed by atoms with Crippen LogP contribution in [0.4, 0.5) is 4.79 Å². The summed E-state index contributed by atoms with van der Waals surface area (Å²) in [4.78, 5) is 26.7. The van der Waals surface area contributed by atoms with Crippen molar-refractivity contribution in [2.75, 3.05) is 26.9 Å². The van der Waals surface area contributed by atoms with Crippen LogP contribution in [0.1, 0.15) is 40.2 Å². The Morgan fingerprint density at radius 1 is 0.872 bits per heavy atom. The number of aliphatic hydroxyl groups excluding tert-OH is 1. The number of benzene rings is 4. The molecule has 0 radical (unpaired) electrons. The van der Waals surface area contributed by atoms with E-state index in [-0.39, 0.29) is 37.1 Å². The molecule has 1 amide bonds. The number of amides is 1. The predicted octanol–water partition coefficient (Wildman–Crippen LogP) is 5.22. The van der Waals surface area contributed by atoms with Gasteiger partial charge in [-0.1, -0.05) is 115 Å². The number of ketones is 1. The van der Waals surface area contributed by atoms with E-state index in [0.29, 0.717) is 32.6 Å². The molecule has 0 spiro atoms. The molecule has 1 heterocycles. The number of alkyl carbamates (subject to hydrolysis) is 1. The van der Waals surface area contributed by atoms with Crippen LogP contribution in [-0.2, 0) is 38.5 Å². The van der Waals surface area contributed by atoms with Gasteiger partial charge in [-0.3, -0.25) is 4.79 Å². The molecule has 1 aliphatic rings. The second kappa shape index (κ2) is 17.5. The molecule has 8 heteroatoms. The summed E-state index contributed by atoms with van der Waals surface area (Å²) >= 11 is 0. The van der Waals surface area contributed by atoms with Crippen LogP contribution < -0.4 is 10.6 Å². The lowest BCUT2D eigenvalue weighted by molar-refractivity contribution is -0.120. The van der Waals surface area contributed by atoms with E-state index in [1.165, 1.54) is 7.11 Å². The minimum Gasteiger partial charge on any atom is -0.453 e. The summed E-state index contributed by atoms with van der Waals surface area (Å²) in [5.41, 5.74) is 4.90. The molecule has 0 bridgehead atoms. The number of aryl methyl sites for hydroxylation is 1. The summed E-state index contributed by atoms with van der Waals surface area (Å²) in [5, 5.41) is 16.4. The first kappa shape index (κ1) is 34.0. The molecule has 3 N–H and O–H groups in total. The molecule has 5 rings (SSSR count). The summed E-state index contributed by atoms with van der Waals surface area (Å²) < 4.78 is 17.2. The highest BCUT2D eigenvalue weighted by atomic mass is 16.5. The van der Waals surface area contributed by atoms with Crippen molar-refractivity contribution in [1.29, 1.82) is 0 Å². The van der Waals surface area contributed by atoms with E-state index in [1.54, 1.807) is 0 Å². The third kappa shape index (κ3) is 9.59. The average molecular weight is 637 g/mol. The Kier molecular flexibility index (Phi) is 12.7. The van der Waals surface area contributed by atoms with Gasteiger partial charge in [0.25, 0.3) is 0 Å². The van der Waals surface area contributed by atoms with E-state index >= 15 is 0 Å². The van der Waals surface area contributed by atoms with Crippen molar-refractivity contribution in [3.63, 3.8) is 0 Å². The lowest BCUT2D eigenvalue weighted by Gasteiger charge is -2.36.